The van der Waals surface area contributed by atoms with Gasteiger partial charge in [0.2, 0.25) is 0 Å². The van der Waals surface area contributed by atoms with Crippen molar-refractivity contribution in [2.75, 3.05) is 39.5 Å². The highest BCUT2D eigenvalue weighted by atomic mass is 127. The third-order valence-corrected chi connectivity index (χ3v) is 3.95. The number of rotatable bonds is 14. The van der Waals surface area contributed by atoms with E-state index in [-0.39, 0.29) is 30.6 Å². The average Bonchev–Trinajstić information content (AvgIpc) is 3.12. The van der Waals surface area contributed by atoms with E-state index < -0.39 is 0 Å². The summed E-state index contributed by atoms with van der Waals surface area (Å²) in [6.45, 7) is 8.23. The standard InChI is InChI=1S/C19H35N3O3.HI/c1-3-7-17(10-13-23)16-22-19(20-11-6-14-24-4-2)21-12-9-18-8-5-15-25-18;/h5,8,15,17,23H,3-4,6-7,9-14,16H2,1-2H3,(H2,20,21,22);1H. The Hall–Kier alpha value is -0.800. The lowest BCUT2D eigenvalue weighted by atomic mass is 10.0. The van der Waals surface area contributed by atoms with E-state index in [4.69, 9.17) is 14.1 Å². The fraction of sp³-hybridized carbons (Fsp3) is 0.737. The summed E-state index contributed by atoms with van der Waals surface area (Å²) in [6.07, 6.45) is 6.47. The van der Waals surface area contributed by atoms with Crippen LogP contribution in [-0.2, 0) is 11.2 Å². The monoisotopic (exact) mass is 481 g/mol. The minimum Gasteiger partial charge on any atom is -0.469 e. The smallest absolute Gasteiger partial charge is 0.191 e. The first kappa shape index (κ1) is 25.2. The molecule has 1 heterocycles. The maximum absolute atomic E-state index is 9.20. The number of hydrogen-bond donors (Lipinski definition) is 3. The van der Waals surface area contributed by atoms with Gasteiger partial charge in [-0.3, -0.25) is 4.99 Å². The van der Waals surface area contributed by atoms with E-state index in [0.717, 1.165) is 76.7 Å². The molecule has 26 heavy (non-hydrogen) atoms. The second-order valence-corrected chi connectivity index (χ2v) is 6.09. The molecule has 0 fully saturated rings. The lowest BCUT2D eigenvalue weighted by molar-refractivity contribution is 0.145. The molecule has 0 bridgehead atoms. The highest BCUT2D eigenvalue weighted by Gasteiger charge is 2.07. The van der Waals surface area contributed by atoms with Gasteiger partial charge in [0, 0.05) is 45.9 Å². The van der Waals surface area contributed by atoms with Crippen LogP contribution in [0.2, 0.25) is 0 Å². The van der Waals surface area contributed by atoms with Crippen molar-refractivity contribution in [3.05, 3.63) is 24.2 Å². The zero-order valence-electron chi connectivity index (χ0n) is 16.2. The zero-order valence-corrected chi connectivity index (χ0v) is 18.5. The number of hydrogen-bond acceptors (Lipinski definition) is 4. The topological polar surface area (TPSA) is 79.0 Å². The third kappa shape index (κ3) is 12.5. The number of nitrogens with zero attached hydrogens (tertiary/aromatic N) is 1. The van der Waals surface area contributed by atoms with E-state index >= 15 is 0 Å². The van der Waals surface area contributed by atoms with Crippen LogP contribution in [0.5, 0.6) is 0 Å². The molecule has 1 aromatic heterocycles. The number of aliphatic hydroxyl groups excluding tert-OH is 1. The van der Waals surface area contributed by atoms with Crippen LogP contribution in [0.15, 0.2) is 27.8 Å². The Bertz CT molecular complexity index is 435. The van der Waals surface area contributed by atoms with Crippen LogP contribution in [-0.4, -0.2) is 50.5 Å². The summed E-state index contributed by atoms with van der Waals surface area (Å²) in [5.41, 5.74) is 0. The Balaban J connectivity index is 0.00000625. The molecular formula is C19H36IN3O3. The minimum atomic E-state index is 0. The van der Waals surface area contributed by atoms with Gasteiger partial charge in [-0.2, -0.15) is 0 Å². The van der Waals surface area contributed by atoms with Gasteiger partial charge in [-0.15, -0.1) is 24.0 Å². The van der Waals surface area contributed by atoms with Gasteiger partial charge in [-0.1, -0.05) is 13.3 Å². The molecule has 0 amide bonds. The van der Waals surface area contributed by atoms with Crippen LogP contribution in [0, 0.1) is 5.92 Å². The molecular weight excluding hydrogens is 445 g/mol. The number of ether oxygens (including phenoxy) is 1. The van der Waals surface area contributed by atoms with Gasteiger partial charge >= 0.3 is 0 Å². The van der Waals surface area contributed by atoms with Crippen molar-refractivity contribution in [1.82, 2.24) is 10.6 Å². The second kappa shape index (κ2) is 17.6. The summed E-state index contributed by atoms with van der Waals surface area (Å²) in [7, 11) is 0. The van der Waals surface area contributed by atoms with Gasteiger partial charge in [0.05, 0.1) is 6.26 Å². The maximum atomic E-state index is 9.20. The molecule has 0 aliphatic carbocycles. The molecule has 1 atom stereocenters. The quantitative estimate of drug-likeness (QED) is 0.165. The van der Waals surface area contributed by atoms with Gasteiger partial charge in [0.15, 0.2) is 5.96 Å². The van der Waals surface area contributed by atoms with Crippen LogP contribution < -0.4 is 10.6 Å². The summed E-state index contributed by atoms with van der Waals surface area (Å²) in [4.78, 5) is 4.71. The molecule has 0 saturated carbocycles. The predicted molar refractivity (Wildman–Crippen MR) is 117 cm³/mol. The molecule has 0 saturated heterocycles. The van der Waals surface area contributed by atoms with Crippen LogP contribution in [0.1, 0.15) is 45.3 Å². The summed E-state index contributed by atoms with van der Waals surface area (Å²) < 4.78 is 10.7. The molecule has 0 radical (unpaired) electrons. The highest BCUT2D eigenvalue weighted by molar-refractivity contribution is 14.0. The van der Waals surface area contributed by atoms with Gasteiger partial charge in [0.25, 0.3) is 0 Å². The molecule has 1 unspecified atom stereocenters. The van der Waals surface area contributed by atoms with Crippen molar-refractivity contribution in [3.63, 3.8) is 0 Å². The lowest BCUT2D eigenvalue weighted by Gasteiger charge is -2.16. The van der Waals surface area contributed by atoms with Gasteiger partial charge in [0.1, 0.15) is 5.76 Å². The Morgan fingerprint density at radius 1 is 1.27 bits per heavy atom. The molecule has 1 rings (SSSR count). The van der Waals surface area contributed by atoms with Crippen LogP contribution in [0.3, 0.4) is 0 Å². The van der Waals surface area contributed by atoms with E-state index in [0.29, 0.717) is 5.92 Å². The molecule has 6 nitrogen and oxygen atoms in total. The first-order valence-electron chi connectivity index (χ1n) is 9.53. The van der Waals surface area contributed by atoms with Crippen molar-refractivity contribution in [2.24, 2.45) is 10.9 Å². The van der Waals surface area contributed by atoms with E-state index in [1.54, 1.807) is 6.26 Å². The molecule has 0 aliphatic heterocycles. The Labute approximate surface area is 175 Å². The fourth-order valence-electron chi connectivity index (χ4n) is 2.60. The van der Waals surface area contributed by atoms with E-state index in [9.17, 15) is 5.11 Å². The van der Waals surface area contributed by atoms with Crippen LogP contribution in [0.4, 0.5) is 0 Å². The van der Waals surface area contributed by atoms with Crippen LogP contribution in [0.25, 0.3) is 0 Å². The number of aliphatic hydroxyl groups is 1. The minimum absolute atomic E-state index is 0. The van der Waals surface area contributed by atoms with Crippen molar-refractivity contribution >= 4 is 29.9 Å². The SMILES string of the molecule is CCCC(CCO)CN=C(NCCCOCC)NCCc1ccco1.I. The Kier molecular flexibility index (Phi) is 17.1. The molecule has 1 aromatic rings. The summed E-state index contributed by atoms with van der Waals surface area (Å²) in [6, 6.07) is 3.88. The number of furan rings is 1. The number of halogens is 1. The van der Waals surface area contributed by atoms with Crippen molar-refractivity contribution in [2.45, 2.75) is 46.0 Å². The van der Waals surface area contributed by atoms with E-state index in [1.165, 1.54) is 0 Å². The molecule has 152 valence electrons. The number of aliphatic imine (C=N–C) groups is 1. The zero-order chi connectivity index (χ0) is 18.2. The molecule has 0 aliphatic rings. The maximum Gasteiger partial charge on any atom is 0.191 e. The second-order valence-electron chi connectivity index (χ2n) is 6.09. The normalized spacial score (nSPS) is 12.5. The molecule has 0 aromatic carbocycles. The fourth-order valence-corrected chi connectivity index (χ4v) is 2.60. The molecule has 3 N–H and O–H groups in total. The first-order chi connectivity index (χ1) is 12.3. The van der Waals surface area contributed by atoms with Crippen molar-refractivity contribution in [3.8, 4) is 0 Å². The van der Waals surface area contributed by atoms with E-state index in [1.807, 2.05) is 19.1 Å². The predicted octanol–water partition coefficient (Wildman–Crippen LogP) is 3.20. The number of guanidine groups is 1. The third-order valence-electron chi connectivity index (χ3n) is 3.95. The van der Waals surface area contributed by atoms with Crippen LogP contribution >= 0.6 is 24.0 Å². The Morgan fingerprint density at radius 3 is 2.73 bits per heavy atom. The summed E-state index contributed by atoms with van der Waals surface area (Å²) in [5, 5.41) is 15.9. The van der Waals surface area contributed by atoms with E-state index in [2.05, 4.69) is 17.6 Å². The average molecular weight is 481 g/mol. The van der Waals surface area contributed by atoms with Gasteiger partial charge < -0.3 is 24.9 Å². The summed E-state index contributed by atoms with van der Waals surface area (Å²) >= 11 is 0. The first-order valence-corrected chi connectivity index (χ1v) is 9.53. The van der Waals surface area contributed by atoms with Gasteiger partial charge in [-0.25, -0.2) is 0 Å². The molecule has 7 heteroatoms. The largest absolute Gasteiger partial charge is 0.469 e. The molecule has 0 spiro atoms. The van der Waals surface area contributed by atoms with Gasteiger partial charge in [-0.05, 0) is 44.2 Å². The summed E-state index contributed by atoms with van der Waals surface area (Å²) in [5.74, 6) is 2.22. The van der Waals surface area contributed by atoms with Crippen molar-refractivity contribution in [1.29, 1.82) is 0 Å². The lowest BCUT2D eigenvalue weighted by Crippen LogP contribution is -2.39. The number of nitrogens with one attached hydrogen (secondary N) is 2. The van der Waals surface area contributed by atoms with Crippen molar-refractivity contribution < 1.29 is 14.3 Å². The Morgan fingerprint density at radius 2 is 2.08 bits per heavy atom. The highest BCUT2D eigenvalue weighted by Crippen LogP contribution is 2.11.